The van der Waals surface area contributed by atoms with E-state index in [9.17, 15) is 4.79 Å². The van der Waals surface area contributed by atoms with Crippen molar-refractivity contribution in [3.63, 3.8) is 0 Å². The topological polar surface area (TPSA) is 71.5 Å². The highest BCUT2D eigenvalue weighted by Gasteiger charge is 2.38. The van der Waals surface area contributed by atoms with Gasteiger partial charge in [0.05, 0.1) is 13.3 Å². The normalized spacial score (nSPS) is 22.6. The Hall–Kier alpha value is -2.70. The number of rotatable bonds is 3. The number of carbonyl (C=O) groups excluding carboxylic acids is 1. The second-order valence-electron chi connectivity index (χ2n) is 6.58. The van der Waals surface area contributed by atoms with Crippen LogP contribution < -0.4 is 9.64 Å². The molecular weight excluding hydrogens is 318 g/mol. The Morgan fingerprint density at radius 3 is 2.88 bits per heavy atom. The maximum Gasteiger partial charge on any atom is 0.259 e. The first-order chi connectivity index (χ1) is 12.3. The van der Waals surface area contributed by atoms with Gasteiger partial charge in [0.2, 0.25) is 5.88 Å². The van der Waals surface area contributed by atoms with Crippen molar-refractivity contribution in [2.45, 2.75) is 18.9 Å². The molecule has 0 radical (unpaired) electrons. The van der Waals surface area contributed by atoms with Crippen LogP contribution in [0.5, 0.6) is 5.88 Å². The van der Waals surface area contributed by atoms with E-state index in [0.717, 1.165) is 38.3 Å². The molecule has 0 saturated carbocycles. The summed E-state index contributed by atoms with van der Waals surface area (Å²) in [5.41, 5.74) is 0.531. The van der Waals surface area contributed by atoms with Gasteiger partial charge in [-0.25, -0.2) is 9.97 Å². The molecule has 2 atom stereocenters. The highest BCUT2D eigenvalue weighted by atomic mass is 16.5. The number of fused-ring (bicyclic) bond motifs is 4. The van der Waals surface area contributed by atoms with Crippen molar-refractivity contribution in [2.75, 3.05) is 31.6 Å². The number of aromatic nitrogens is 3. The molecule has 0 N–H and O–H groups in total. The lowest BCUT2D eigenvalue weighted by Crippen LogP contribution is -2.47. The van der Waals surface area contributed by atoms with E-state index in [1.165, 1.54) is 0 Å². The second kappa shape index (κ2) is 6.66. The monoisotopic (exact) mass is 339 g/mol. The number of hydrogen-bond donors (Lipinski definition) is 0. The molecule has 25 heavy (non-hydrogen) atoms. The zero-order valence-electron chi connectivity index (χ0n) is 14.2. The quantitative estimate of drug-likeness (QED) is 0.846. The third-order valence-electron chi connectivity index (χ3n) is 5.04. The maximum absolute atomic E-state index is 13.1. The van der Waals surface area contributed by atoms with Crippen LogP contribution in [0.3, 0.4) is 0 Å². The molecular formula is C18H21N5O2. The van der Waals surface area contributed by atoms with Gasteiger partial charge in [-0.2, -0.15) is 0 Å². The molecule has 3 aliphatic heterocycles. The summed E-state index contributed by atoms with van der Waals surface area (Å²) in [6, 6.07) is 3.73. The SMILES string of the molecule is COc1ncccc1C(=O)N1C[C@H]2CC[C@@H]1CN(c1cnccn1)C2. The van der Waals surface area contributed by atoms with E-state index in [-0.39, 0.29) is 11.9 Å². The van der Waals surface area contributed by atoms with Crippen LogP contribution in [0.4, 0.5) is 5.82 Å². The molecule has 2 aromatic rings. The molecule has 5 rings (SSSR count). The maximum atomic E-state index is 13.1. The number of nitrogens with zero attached hydrogens (tertiary/aromatic N) is 5. The second-order valence-corrected chi connectivity index (χ2v) is 6.58. The van der Waals surface area contributed by atoms with E-state index in [1.54, 1.807) is 44.0 Å². The highest BCUT2D eigenvalue weighted by Crippen LogP contribution is 2.31. The Kier molecular flexibility index (Phi) is 4.21. The Balaban J connectivity index is 1.59. The highest BCUT2D eigenvalue weighted by molar-refractivity contribution is 5.96. The Labute approximate surface area is 146 Å². The molecule has 130 valence electrons. The molecule has 3 aliphatic rings. The van der Waals surface area contributed by atoms with Crippen LogP contribution in [0.1, 0.15) is 23.2 Å². The Morgan fingerprint density at radius 2 is 2.08 bits per heavy atom. The van der Waals surface area contributed by atoms with Gasteiger partial charge in [0.1, 0.15) is 11.4 Å². The minimum atomic E-state index is 0.000598. The van der Waals surface area contributed by atoms with E-state index < -0.39 is 0 Å². The van der Waals surface area contributed by atoms with Crippen LogP contribution in [0.15, 0.2) is 36.9 Å². The van der Waals surface area contributed by atoms with Crippen molar-refractivity contribution < 1.29 is 9.53 Å². The van der Waals surface area contributed by atoms with E-state index in [1.807, 2.05) is 4.90 Å². The fraction of sp³-hybridized carbons (Fsp3) is 0.444. The summed E-state index contributed by atoms with van der Waals surface area (Å²) in [4.78, 5) is 30.1. The molecule has 0 spiro atoms. The summed E-state index contributed by atoms with van der Waals surface area (Å²) in [5.74, 6) is 1.71. The van der Waals surface area contributed by atoms with Gasteiger partial charge in [0.25, 0.3) is 5.91 Å². The first-order valence-electron chi connectivity index (χ1n) is 8.57. The zero-order valence-corrected chi connectivity index (χ0v) is 14.2. The molecule has 0 aliphatic carbocycles. The van der Waals surface area contributed by atoms with Crippen LogP contribution >= 0.6 is 0 Å². The number of hydrogen-bond acceptors (Lipinski definition) is 6. The van der Waals surface area contributed by atoms with Crippen molar-refractivity contribution in [1.82, 2.24) is 19.9 Å². The standard InChI is InChI=1S/C18H21N5O2/c1-25-17-15(3-2-6-21-17)18(24)23-11-13-4-5-14(23)12-22(10-13)16-9-19-7-8-20-16/h2-3,6-9,13-14H,4-5,10-12H2,1H3/t13-,14+/m0/s1. The fourth-order valence-electron chi connectivity index (χ4n) is 3.84. The van der Waals surface area contributed by atoms with E-state index in [2.05, 4.69) is 19.9 Å². The van der Waals surface area contributed by atoms with Crippen LogP contribution in [0.2, 0.25) is 0 Å². The fourth-order valence-corrected chi connectivity index (χ4v) is 3.84. The number of anilines is 1. The van der Waals surface area contributed by atoms with E-state index >= 15 is 0 Å². The van der Waals surface area contributed by atoms with Crippen molar-refractivity contribution in [3.05, 3.63) is 42.5 Å². The van der Waals surface area contributed by atoms with Gasteiger partial charge in [0, 0.05) is 44.3 Å². The minimum Gasteiger partial charge on any atom is -0.480 e. The Morgan fingerprint density at radius 1 is 1.16 bits per heavy atom. The molecule has 5 heterocycles. The summed E-state index contributed by atoms with van der Waals surface area (Å²) in [5, 5.41) is 0. The molecule has 3 saturated heterocycles. The van der Waals surface area contributed by atoms with E-state index in [4.69, 9.17) is 4.74 Å². The molecule has 3 fully saturated rings. The number of methoxy groups -OCH3 is 1. The lowest BCUT2D eigenvalue weighted by atomic mass is 9.94. The van der Waals surface area contributed by atoms with Crippen LogP contribution in [-0.4, -0.2) is 58.5 Å². The molecule has 7 heteroatoms. The van der Waals surface area contributed by atoms with Crippen LogP contribution in [0, 0.1) is 5.92 Å². The number of ether oxygens (including phenoxy) is 1. The molecule has 0 unspecified atom stereocenters. The van der Waals surface area contributed by atoms with Gasteiger partial charge in [0.15, 0.2) is 0 Å². The zero-order chi connectivity index (χ0) is 17.2. The number of piperidine rings is 1. The number of pyridine rings is 1. The van der Waals surface area contributed by atoms with Gasteiger partial charge in [-0.1, -0.05) is 0 Å². The van der Waals surface area contributed by atoms with Gasteiger partial charge < -0.3 is 14.5 Å². The van der Waals surface area contributed by atoms with Gasteiger partial charge >= 0.3 is 0 Å². The predicted octanol–water partition coefficient (Wildman–Crippen LogP) is 1.62. The van der Waals surface area contributed by atoms with Crippen LogP contribution in [-0.2, 0) is 0 Å². The van der Waals surface area contributed by atoms with Crippen molar-refractivity contribution in [1.29, 1.82) is 0 Å². The number of amides is 1. The average molecular weight is 339 g/mol. The molecule has 2 bridgehead atoms. The van der Waals surface area contributed by atoms with Crippen molar-refractivity contribution in [2.24, 2.45) is 5.92 Å². The molecule has 2 aromatic heterocycles. The average Bonchev–Trinajstić information content (AvgIpc) is 3.00. The summed E-state index contributed by atoms with van der Waals surface area (Å²) in [7, 11) is 1.55. The van der Waals surface area contributed by atoms with Gasteiger partial charge in [-0.05, 0) is 30.9 Å². The largest absolute Gasteiger partial charge is 0.480 e. The van der Waals surface area contributed by atoms with E-state index in [0.29, 0.717) is 17.4 Å². The van der Waals surface area contributed by atoms with Crippen molar-refractivity contribution in [3.8, 4) is 5.88 Å². The lowest BCUT2D eigenvalue weighted by molar-refractivity contribution is 0.0588. The third-order valence-corrected chi connectivity index (χ3v) is 5.04. The minimum absolute atomic E-state index is 0.000598. The predicted molar refractivity (Wildman–Crippen MR) is 92.6 cm³/mol. The summed E-state index contributed by atoms with van der Waals surface area (Å²) < 4.78 is 5.27. The summed E-state index contributed by atoms with van der Waals surface area (Å²) in [6.45, 7) is 2.45. The lowest BCUT2D eigenvalue weighted by Gasteiger charge is -2.36. The molecule has 0 aromatic carbocycles. The smallest absolute Gasteiger partial charge is 0.259 e. The first-order valence-corrected chi connectivity index (χ1v) is 8.57. The van der Waals surface area contributed by atoms with Gasteiger partial charge in [-0.3, -0.25) is 9.78 Å². The van der Waals surface area contributed by atoms with Crippen molar-refractivity contribution >= 4 is 11.7 Å². The summed E-state index contributed by atoms with van der Waals surface area (Å²) in [6.07, 6.45) is 8.97. The van der Waals surface area contributed by atoms with Crippen LogP contribution in [0.25, 0.3) is 0 Å². The first kappa shape index (κ1) is 15.8. The molecule has 1 amide bonds. The third kappa shape index (κ3) is 3.01. The van der Waals surface area contributed by atoms with Gasteiger partial charge in [-0.15, -0.1) is 0 Å². The number of carbonyl (C=O) groups is 1. The molecule has 7 nitrogen and oxygen atoms in total. The summed E-state index contributed by atoms with van der Waals surface area (Å²) >= 11 is 0. The Bertz CT molecular complexity index is 754.